The van der Waals surface area contributed by atoms with Crippen LogP contribution in [0, 0.1) is 11.7 Å². The Hall–Kier alpha value is -3.15. The van der Waals surface area contributed by atoms with E-state index in [1.165, 1.54) is 12.1 Å². The number of carbonyl (C=O) groups excluding carboxylic acids is 1. The maximum Gasteiger partial charge on any atom is 0.308 e. The van der Waals surface area contributed by atoms with Crippen molar-refractivity contribution in [1.29, 1.82) is 0 Å². The minimum Gasteiger partial charge on any atom is -0.481 e. The smallest absolute Gasteiger partial charge is 0.308 e. The molecule has 0 bridgehead atoms. The zero-order valence-corrected chi connectivity index (χ0v) is 16.0. The SMILES string of the molecule is O=C(O)[C@H]1CCCN(C(=O)CCc2c(-c3ccc(F)cc3)[nH]c3ccccc23)C1. The Morgan fingerprint density at radius 2 is 1.90 bits per heavy atom. The summed E-state index contributed by atoms with van der Waals surface area (Å²) in [5.41, 5.74) is 3.75. The molecule has 0 aliphatic carbocycles. The highest BCUT2D eigenvalue weighted by atomic mass is 19.1. The number of nitrogens with one attached hydrogen (secondary N) is 1. The molecule has 2 N–H and O–H groups in total. The molecule has 3 aromatic rings. The van der Waals surface area contributed by atoms with Crippen LogP contribution in [-0.2, 0) is 16.0 Å². The van der Waals surface area contributed by atoms with Crippen LogP contribution in [0.5, 0.6) is 0 Å². The zero-order chi connectivity index (χ0) is 20.4. The topological polar surface area (TPSA) is 73.4 Å². The van der Waals surface area contributed by atoms with Gasteiger partial charge in [0.1, 0.15) is 5.82 Å². The van der Waals surface area contributed by atoms with Gasteiger partial charge in [0.2, 0.25) is 5.91 Å². The number of carbonyl (C=O) groups is 2. The van der Waals surface area contributed by atoms with Crippen molar-refractivity contribution in [2.45, 2.75) is 25.7 Å². The normalized spacial score (nSPS) is 16.9. The summed E-state index contributed by atoms with van der Waals surface area (Å²) in [4.78, 5) is 29.1. The van der Waals surface area contributed by atoms with Gasteiger partial charge in [-0.25, -0.2) is 4.39 Å². The van der Waals surface area contributed by atoms with Crippen molar-refractivity contribution in [2.75, 3.05) is 13.1 Å². The third-order valence-electron chi connectivity index (χ3n) is 5.66. The lowest BCUT2D eigenvalue weighted by Crippen LogP contribution is -2.42. The summed E-state index contributed by atoms with van der Waals surface area (Å²) in [5, 5.41) is 10.3. The maximum atomic E-state index is 13.4. The number of aromatic nitrogens is 1. The predicted octanol–water partition coefficient (Wildman–Crippen LogP) is 4.23. The molecular weight excluding hydrogens is 371 g/mol. The standard InChI is InChI=1S/C23H23FN2O3/c24-17-9-7-15(8-10-17)22-19(18-5-1-2-6-20(18)25-22)11-12-21(27)26-13-3-4-16(14-26)23(28)29/h1-2,5-10,16,25H,3-4,11-14H2,(H,28,29)/t16-/m0/s1. The molecule has 150 valence electrons. The molecule has 1 aliphatic rings. The van der Waals surface area contributed by atoms with Crippen LogP contribution < -0.4 is 0 Å². The average Bonchev–Trinajstić information content (AvgIpc) is 3.11. The molecule has 2 aromatic carbocycles. The fourth-order valence-corrected chi connectivity index (χ4v) is 4.12. The summed E-state index contributed by atoms with van der Waals surface area (Å²) in [6.07, 6.45) is 2.18. The van der Waals surface area contributed by atoms with E-state index >= 15 is 0 Å². The summed E-state index contributed by atoms with van der Waals surface area (Å²) in [6.45, 7) is 0.897. The molecule has 5 nitrogen and oxygen atoms in total. The number of para-hydroxylation sites is 1. The van der Waals surface area contributed by atoms with Crippen LogP contribution in [0.4, 0.5) is 4.39 Å². The number of nitrogens with zero attached hydrogens (tertiary/aromatic N) is 1. The third kappa shape index (κ3) is 4.01. The van der Waals surface area contributed by atoms with Crippen LogP contribution in [0.1, 0.15) is 24.8 Å². The average molecular weight is 394 g/mol. The van der Waals surface area contributed by atoms with E-state index in [1.54, 1.807) is 17.0 Å². The highest BCUT2D eigenvalue weighted by Crippen LogP contribution is 2.31. The molecule has 1 aromatic heterocycles. The minimum absolute atomic E-state index is 0.0220. The second-order valence-corrected chi connectivity index (χ2v) is 7.55. The summed E-state index contributed by atoms with van der Waals surface area (Å²) < 4.78 is 13.4. The third-order valence-corrected chi connectivity index (χ3v) is 5.66. The van der Waals surface area contributed by atoms with Gasteiger partial charge in [-0.2, -0.15) is 0 Å². The van der Waals surface area contributed by atoms with Crippen molar-refractivity contribution in [2.24, 2.45) is 5.92 Å². The maximum absolute atomic E-state index is 13.4. The van der Waals surface area contributed by atoms with Gasteiger partial charge in [-0.15, -0.1) is 0 Å². The lowest BCUT2D eigenvalue weighted by molar-refractivity contribution is -0.145. The molecule has 29 heavy (non-hydrogen) atoms. The lowest BCUT2D eigenvalue weighted by Gasteiger charge is -2.30. The molecule has 1 atom stereocenters. The first kappa shape index (κ1) is 19.2. The van der Waals surface area contributed by atoms with E-state index in [-0.39, 0.29) is 18.3 Å². The number of H-pyrrole nitrogens is 1. The number of hydrogen-bond acceptors (Lipinski definition) is 2. The Kier molecular flexibility index (Phi) is 5.34. The van der Waals surface area contributed by atoms with Crippen molar-refractivity contribution in [3.8, 4) is 11.3 Å². The number of carboxylic acids is 1. The first-order valence-corrected chi connectivity index (χ1v) is 9.89. The number of likely N-dealkylation sites (tertiary alicyclic amines) is 1. The van der Waals surface area contributed by atoms with Crippen molar-refractivity contribution in [3.63, 3.8) is 0 Å². The highest BCUT2D eigenvalue weighted by Gasteiger charge is 2.28. The number of amides is 1. The van der Waals surface area contributed by atoms with E-state index in [4.69, 9.17) is 0 Å². The molecule has 4 rings (SSSR count). The van der Waals surface area contributed by atoms with E-state index in [0.717, 1.165) is 34.1 Å². The summed E-state index contributed by atoms with van der Waals surface area (Å²) in [6, 6.07) is 14.2. The van der Waals surface area contributed by atoms with Gasteiger partial charge in [0.05, 0.1) is 5.92 Å². The molecule has 1 saturated heterocycles. The second kappa shape index (κ2) is 8.07. The highest BCUT2D eigenvalue weighted by molar-refractivity contribution is 5.91. The van der Waals surface area contributed by atoms with Crippen LogP contribution in [0.25, 0.3) is 22.2 Å². The molecular formula is C23H23FN2O3. The van der Waals surface area contributed by atoms with Crippen molar-refractivity contribution >= 4 is 22.8 Å². The molecule has 1 amide bonds. The fourth-order valence-electron chi connectivity index (χ4n) is 4.12. The number of aryl methyl sites for hydroxylation is 1. The van der Waals surface area contributed by atoms with Gasteiger partial charge in [-0.3, -0.25) is 9.59 Å². The summed E-state index contributed by atoms with van der Waals surface area (Å²) >= 11 is 0. The molecule has 1 aliphatic heterocycles. The molecule has 0 unspecified atom stereocenters. The van der Waals surface area contributed by atoms with Crippen LogP contribution in [0.2, 0.25) is 0 Å². The number of aromatic amines is 1. The Bertz CT molecular complexity index is 1040. The molecule has 6 heteroatoms. The van der Waals surface area contributed by atoms with Crippen LogP contribution in [0.3, 0.4) is 0 Å². The molecule has 1 fully saturated rings. The van der Waals surface area contributed by atoms with Gasteiger partial charge in [0.25, 0.3) is 0 Å². The fraction of sp³-hybridized carbons (Fsp3) is 0.304. The van der Waals surface area contributed by atoms with Crippen LogP contribution in [-0.4, -0.2) is 40.0 Å². The number of benzene rings is 2. The first-order chi connectivity index (χ1) is 14.0. The Morgan fingerprint density at radius 1 is 1.14 bits per heavy atom. The second-order valence-electron chi connectivity index (χ2n) is 7.55. The van der Waals surface area contributed by atoms with Gasteiger partial charge >= 0.3 is 5.97 Å². The number of piperidine rings is 1. The summed E-state index contributed by atoms with van der Waals surface area (Å²) in [5.74, 6) is -1.63. The zero-order valence-electron chi connectivity index (χ0n) is 16.0. The Morgan fingerprint density at radius 3 is 2.66 bits per heavy atom. The molecule has 2 heterocycles. The molecule has 0 radical (unpaired) electrons. The largest absolute Gasteiger partial charge is 0.481 e. The first-order valence-electron chi connectivity index (χ1n) is 9.89. The van der Waals surface area contributed by atoms with Crippen molar-refractivity contribution in [3.05, 3.63) is 59.9 Å². The predicted molar refractivity (Wildman–Crippen MR) is 109 cm³/mol. The quantitative estimate of drug-likeness (QED) is 0.680. The number of aliphatic carboxylic acids is 1. The minimum atomic E-state index is -0.835. The van der Waals surface area contributed by atoms with E-state index in [2.05, 4.69) is 4.98 Å². The van der Waals surface area contributed by atoms with Gasteiger partial charge in [0.15, 0.2) is 0 Å². The van der Waals surface area contributed by atoms with Crippen LogP contribution >= 0.6 is 0 Å². The Labute approximate surface area is 168 Å². The number of hydrogen-bond donors (Lipinski definition) is 2. The van der Waals surface area contributed by atoms with Gasteiger partial charge in [0, 0.05) is 36.1 Å². The number of carboxylic acid groups (broad SMARTS) is 1. The van der Waals surface area contributed by atoms with Crippen molar-refractivity contribution < 1.29 is 19.1 Å². The van der Waals surface area contributed by atoms with E-state index in [9.17, 15) is 19.1 Å². The van der Waals surface area contributed by atoms with E-state index < -0.39 is 11.9 Å². The van der Waals surface area contributed by atoms with Gasteiger partial charge in [-0.1, -0.05) is 18.2 Å². The van der Waals surface area contributed by atoms with Crippen LogP contribution in [0.15, 0.2) is 48.5 Å². The Balaban J connectivity index is 1.57. The lowest BCUT2D eigenvalue weighted by atomic mass is 9.97. The van der Waals surface area contributed by atoms with Gasteiger partial charge < -0.3 is 15.0 Å². The molecule has 0 spiro atoms. The van der Waals surface area contributed by atoms with Crippen molar-refractivity contribution in [1.82, 2.24) is 9.88 Å². The number of fused-ring (bicyclic) bond motifs is 1. The van der Waals surface area contributed by atoms with E-state index in [1.807, 2.05) is 24.3 Å². The number of rotatable bonds is 5. The molecule has 0 saturated carbocycles. The summed E-state index contributed by atoms with van der Waals surface area (Å²) in [7, 11) is 0. The monoisotopic (exact) mass is 394 g/mol. The number of halogens is 1. The van der Waals surface area contributed by atoms with E-state index in [0.29, 0.717) is 25.8 Å². The van der Waals surface area contributed by atoms with Gasteiger partial charge in [-0.05, 0) is 60.7 Å².